The first-order valence-corrected chi connectivity index (χ1v) is 3.66. The lowest BCUT2D eigenvalue weighted by Gasteiger charge is -1.93. The van der Waals surface area contributed by atoms with Crippen LogP contribution in [0.4, 0.5) is 4.39 Å². The Morgan fingerprint density at radius 2 is 2.40 bits per heavy atom. The molecular formula is C5H7BrFN3. The predicted molar refractivity (Wildman–Crippen MR) is 38.4 cm³/mol. The molecule has 1 heterocycles. The normalized spacial score (nSPS) is 10.3. The summed E-state index contributed by atoms with van der Waals surface area (Å²) in [4.78, 5) is 3.93. The molecule has 0 N–H and O–H groups in total. The fourth-order valence-corrected chi connectivity index (χ4v) is 1.17. The molecule has 0 aromatic carbocycles. The summed E-state index contributed by atoms with van der Waals surface area (Å²) in [5, 5.41) is 3.92. The summed E-state index contributed by atoms with van der Waals surface area (Å²) >= 11 is 3.14. The molecule has 10 heavy (non-hydrogen) atoms. The van der Waals surface area contributed by atoms with Crippen LogP contribution in [0.25, 0.3) is 0 Å². The van der Waals surface area contributed by atoms with Crippen molar-refractivity contribution in [3.8, 4) is 0 Å². The number of halogens is 2. The van der Waals surface area contributed by atoms with Crippen LogP contribution in [-0.2, 0) is 6.54 Å². The zero-order valence-electron chi connectivity index (χ0n) is 5.51. The lowest BCUT2D eigenvalue weighted by molar-refractivity contribution is 0.422. The Kier molecular flexibility index (Phi) is 2.37. The van der Waals surface area contributed by atoms with Crippen LogP contribution in [0.3, 0.4) is 0 Å². The van der Waals surface area contributed by atoms with E-state index >= 15 is 0 Å². The first kappa shape index (κ1) is 7.65. The van der Waals surface area contributed by atoms with Crippen LogP contribution < -0.4 is 0 Å². The highest BCUT2D eigenvalue weighted by Gasteiger charge is 2.01. The number of hydrogen-bond acceptors (Lipinski definition) is 2. The summed E-state index contributed by atoms with van der Waals surface area (Å²) in [6.07, 6.45) is 0. The van der Waals surface area contributed by atoms with Gasteiger partial charge in [-0.25, -0.2) is 14.1 Å². The Morgan fingerprint density at radius 3 is 2.80 bits per heavy atom. The van der Waals surface area contributed by atoms with Crippen LogP contribution in [0, 0.1) is 6.92 Å². The van der Waals surface area contributed by atoms with Gasteiger partial charge in [0.15, 0.2) is 4.73 Å². The third kappa shape index (κ3) is 1.53. The topological polar surface area (TPSA) is 30.7 Å². The highest BCUT2D eigenvalue weighted by atomic mass is 79.9. The van der Waals surface area contributed by atoms with E-state index in [4.69, 9.17) is 0 Å². The molecule has 0 spiro atoms. The van der Waals surface area contributed by atoms with E-state index in [0.717, 1.165) is 0 Å². The molecule has 0 saturated heterocycles. The zero-order valence-corrected chi connectivity index (χ0v) is 7.10. The summed E-state index contributed by atoms with van der Waals surface area (Å²) in [6.45, 7) is 1.61. The van der Waals surface area contributed by atoms with Crippen molar-refractivity contribution in [2.75, 3.05) is 6.67 Å². The largest absolute Gasteiger partial charge is 0.249 e. The van der Waals surface area contributed by atoms with Gasteiger partial charge in [-0.15, -0.1) is 0 Å². The maximum atomic E-state index is 11.8. The highest BCUT2D eigenvalue weighted by molar-refractivity contribution is 9.10. The molecule has 0 radical (unpaired) electrons. The number of rotatable bonds is 2. The Hall–Kier alpha value is -0.450. The Labute approximate surface area is 66.4 Å². The molecule has 0 unspecified atom stereocenters. The van der Waals surface area contributed by atoms with Gasteiger partial charge in [-0.2, -0.15) is 5.10 Å². The van der Waals surface area contributed by atoms with Crippen LogP contribution in [0.2, 0.25) is 0 Å². The molecule has 1 aromatic heterocycles. The number of aryl methyl sites for hydroxylation is 2. The van der Waals surface area contributed by atoms with E-state index in [2.05, 4.69) is 26.0 Å². The van der Waals surface area contributed by atoms with Crippen LogP contribution >= 0.6 is 15.9 Å². The quantitative estimate of drug-likeness (QED) is 0.733. The van der Waals surface area contributed by atoms with Crippen LogP contribution in [-0.4, -0.2) is 21.4 Å². The third-order valence-corrected chi connectivity index (χ3v) is 1.62. The van der Waals surface area contributed by atoms with Crippen molar-refractivity contribution in [3.05, 3.63) is 10.6 Å². The molecule has 0 saturated carbocycles. The molecule has 0 bridgehead atoms. The molecule has 3 nitrogen and oxygen atoms in total. The lowest BCUT2D eigenvalue weighted by atomic mass is 10.7. The summed E-state index contributed by atoms with van der Waals surface area (Å²) < 4.78 is 13.8. The molecule has 5 heteroatoms. The van der Waals surface area contributed by atoms with Crippen molar-refractivity contribution in [1.82, 2.24) is 14.8 Å². The summed E-state index contributed by atoms with van der Waals surface area (Å²) in [7, 11) is 0. The smallest absolute Gasteiger partial charge is 0.195 e. The molecule has 1 aromatic rings. The van der Waals surface area contributed by atoms with Gasteiger partial charge in [-0.1, -0.05) is 0 Å². The molecule has 0 aliphatic rings. The fraction of sp³-hybridized carbons (Fsp3) is 0.600. The van der Waals surface area contributed by atoms with Crippen molar-refractivity contribution < 1.29 is 4.39 Å². The zero-order chi connectivity index (χ0) is 7.56. The highest BCUT2D eigenvalue weighted by Crippen LogP contribution is 2.05. The van der Waals surface area contributed by atoms with E-state index < -0.39 is 6.67 Å². The number of nitrogens with zero attached hydrogens (tertiary/aromatic N) is 3. The van der Waals surface area contributed by atoms with Crippen molar-refractivity contribution in [3.63, 3.8) is 0 Å². The molecule has 0 amide bonds. The number of alkyl halides is 1. The van der Waals surface area contributed by atoms with Gasteiger partial charge in [0.1, 0.15) is 12.5 Å². The van der Waals surface area contributed by atoms with E-state index in [1.807, 2.05) is 0 Å². The van der Waals surface area contributed by atoms with E-state index in [-0.39, 0.29) is 6.54 Å². The Bertz CT molecular complexity index is 223. The second-order valence-corrected chi connectivity index (χ2v) is 2.55. The predicted octanol–water partition coefficient (Wildman–Crippen LogP) is 1.32. The summed E-state index contributed by atoms with van der Waals surface area (Å²) in [6, 6.07) is 0. The number of hydrogen-bond donors (Lipinski definition) is 0. The molecule has 0 atom stereocenters. The molecule has 1 rings (SSSR count). The van der Waals surface area contributed by atoms with E-state index in [0.29, 0.717) is 10.6 Å². The van der Waals surface area contributed by atoms with Crippen LogP contribution in [0.15, 0.2) is 4.73 Å². The van der Waals surface area contributed by atoms with Gasteiger partial charge in [0.05, 0.1) is 6.54 Å². The van der Waals surface area contributed by atoms with Crippen molar-refractivity contribution >= 4 is 15.9 Å². The second kappa shape index (κ2) is 3.09. The van der Waals surface area contributed by atoms with Crippen molar-refractivity contribution in [2.24, 2.45) is 0 Å². The van der Waals surface area contributed by atoms with Gasteiger partial charge >= 0.3 is 0 Å². The summed E-state index contributed by atoms with van der Waals surface area (Å²) in [5.74, 6) is 0.653. The number of aromatic nitrogens is 3. The summed E-state index contributed by atoms with van der Waals surface area (Å²) in [5.41, 5.74) is 0. The van der Waals surface area contributed by atoms with Gasteiger partial charge in [0, 0.05) is 0 Å². The van der Waals surface area contributed by atoms with Gasteiger partial charge in [-0.05, 0) is 22.9 Å². The van der Waals surface area contributed by atoms with E-state index in [1.165, 1.54) is 4.68 Å². The Balaban J connectivity index is 2.81. The molecule has 0 aliphatic carbocycles. The van der Waals surface area contributed by atoms with Crippen LogP contribution in [0.5, 0.6) is 0 Å². The minimum Gasteiger partial charge on any atom is -0.249 e. The van der Waals surface area contributed by atoms with Crippen LogP contribution in [0.1, 0.15) is 5.82 Å². The maximum absolute atomic E-state index is 11.8. The SMILES string of the molecule is Cc1nc(Br)n(CCF)n1. The Morgan fingerprint density at radius 1 is 1.70 bits per heavy atom. The first-order chi connectivity index (χ1) is 4.74. The average Bonchev–Trinajstić information content (AvgIpc) is 2.13. The third-order valence-electron chi connectivity index (χ3n) is 1.03. The van der Waals surface area contributed by atoms with Crippen molar-refractivity contribution in [1.29, 1.82) is 0 Å². The second-order valence-electron chi connectivity index (χ2n) is 1.84. The van der Waals surface area contributed by atoms with Gasteiger partial charge in [-0.3, -0.25) is 0 Å². The van der Waals surface area contributed by atoms with E-state index in [9.17, 15) is 4.39 Å². The minimum absolute atomic E-state index is 0.265. The monoisotopic (exact) mass is 207 g/mol. The lowest BCUT2D eigenvalue weighted by Crippen LogP contribution is -2.01. The maximum Gasteiger partial charge on any atom is 0.195 e. The minimum atomic E-state index is -0.415. The fourth-order valence-electron chi connectivity index (χ4n) is 0.652. The molecule has 0 fully saturated rings. The molecule has 56 valence electrons. The average molecular weight is 208 g/mol. The standard InChI is InChI=1S/C5H7BrFN3/c1-4-8-5(6)10(9-4)3-2-7/h2-3H2,1H3. The molecule has 0 aliphatic heterocycles. The van der Waals surface area contributed by atoms with Gasteiger partial charge in [0.2, 0.25) is 0 Å². The van der Waals surface area contributed by atoms with Gasteiger partial charge in [0.25, 0.3) is 0 Å². The van der Waals surface area contributed by atoms with Gasteiger partial charge < -0.3 is 0 Å². The van der Waals surface area contributed by atoms with E-state index in [1.54, 1.807) is 6.92 Å². The first-order valence-electron chi connectivity index (χ1n) is 2.87. The van der Waals surface area contributed by atoms with Crippen molar-refractivity contribution in [2.45, 2.75) is 13.5 Å². The molecular weight excluding hydrogens is 201 g/mol.